The van der Waals surface area contributed by atoms with Crippen molar-refractivity contribution in [1.82, 2.24) is 9.97 Å². The first-order chi connectivity index (χ1) is 10.9. The molecule has 0 amide bonds. The van der Waals surface area contributed by atoms with Crippen LogP contribution in [-0.4, -0.2) is 9.97 Å². The van der Waals surface area contributed by atoms with Gasteiger partial charge in [-0.2, -0.15) is 13.2 Å². The molecule has 3 aromatic rings. The van der Waals surface area contributed by atoms with Crippen LogP contribution in [0.5, 0.6) is 0 Å². The van der Waals surface area contributed by atoms with Gasteiger partial charge in [-0.25, -0.2) is 4.98 Å². The zero-order chi connectivity index (χ0) is 16.4. The summed E-state index contributed by atoms with van der Waals surface area (Å²) in [7, 11) is 0. The highest BCUT2D eigenvalue weighted by Gasteiger charge is 2.30. The molecule has 0 saturated heterocycles. The summed E-state index contributed by atoms with van der Waals surface area (Å²) in [5.41, 5.74) is 7.56. The molecule has 0 bridgehead atoms. The molecule has 3 rings (SSSR count). The average molecular weight is 315 g/mol. The van der Waals surface area contributed by atoms with E-state index in [-0.39, 0.29) is 0 Å². The third-order valence-corrected chi connectivity index (χ3v) is 3.42. The van der Waals surface area contributed by atoms with E-state index in [1.807, 2.05) is 0 Å². The Kier molecular flexibility index (Phi) is 3.73. The summed E-state index contributed by atoms with van der Waals surface area (Å²) in [6, 6.07) is 10.3. The van der Waals surface area contributed by atoms with Gasteiger partial charge in [-0.05, 0) is 47.0 Å². The zero-order valence-corrected chi connectivity index (χ0v) is 11.9. The summed E-state index contributed by atoms with van der Waals surface area (Å²) in [4.78, 5) is 7.96. The second-order valence-electron chi connectivity index (χ2n) is 4.97. The molecule has 0 aliphatic rings. The number of halogens is 3. The van der Waals surface area contributed by atoms with E-state index in [9.17, 15) is 13.2 Å². The molecule has 0 radical (unpaired) electrons. The van der Waals surface area contributed by atoms with Crippen LogP contribution in [-0.2, 0) is 6.18 Å². The second-order valence-corrected chi connectivity index (χ2v) is 4.97. The quantitative estimate of drug-likeness (QED) is 0.762. The van der Waals surface area contributed by atoms with E-state index in [0.29, 0.717) is 22.5 Å². The van der Waals surface area contributed by atoms with Crippen molar-refractivity contribution in [2.45, 2.75) is 6.18 Å². The molecule has 0 saturated carbocycles. The van der Waals surface area contributed by atoms with Gasteiger partial charge in [0, 0.05) is 24.2 Å². The van der Waals surface area contributed by atoms with Crippen LogP contribution in [0.2, 0.25) is 0 Å². The Morgan fingerprint density at radius 3 is 2.30 bits per heavy atom. The summed E-state index contributed by atoms with van der Waals surface area (Å²) in [6.07, 6.45) is 0.318. The fraction of sp³-hybridized carbons (Fsp3) is 0.0588. The third kappa shape index (κ3) is 3.15. The van der Waals surface area contributed by atoms with Crippen molar-refractivity contribution in [2.24, 2.45) is 0 Å². The molecule has 23 heavy (non-hydrogen) atoms. The molecule has 2 N–H and O–H groups in total. The average Bonchev–Trinajstić information content (AvgIpc) is 2.55. The highest BCUT2D eigenvalue weighted by atomic mass is 19.4. The first-order valence-corrected chi connectivity index (χ1v) is 6.79. The van der Waals surface area contributed by atoms with Gasteiger partial charge in [-0.3, -0.25) is 4.98 Å². The molecule has 2 heterocycles. The van der Waals surface area contributed by atoms with Crippen LogP contribution < -0.4 is 5.73 Å². The summed E-state index contributed by atoms with van der Waals surface area (Å²) < 4.78 is 38.8. The Hall–Kier alpha value is -2.89. The Balaban J connectivity index is 2.18. The molecule has 116 valence electrons. The van der Waals surface area contributed by atoms with Gasteiger partial charge in [-0.15, -0.1) is 0 Å². The minimum absolute atomic E-state index is 0.299. The molecule has 0 aliphatic heterocycles. The summed E-state index contributed by atoms with van der Waals surface area (Å²) >= 11 is 0. The molecule has 1 aromatic carbocycles. The SMILES string of the molecule is Nc1cc(-c2ccncc2)c(-c2cccc(C(F)(F)F)c2)cn1. The lowest BCUT2D eigenvalue weighted by atomic mass is 9.96. The second kappa shape index (κ2) is 5.72. The van der Waals surface area contributed by atoms with Gasteiger partial charge in [0.05, 0.1) is 5.56 Å². The van der Waals surface area contributed by atoms with Crippen molar-refractivity contribution in [3.63, 3.8) is 0 Å². The lowest BCUT2D eigenvalue weighted by molar-refractivity contribution is -0.137. The Morgan fingerprint density at radius 1 is 0.870 bits per heavy atom. The number of nitrogen functional groups attached to an aromatic ring is 1. The zero-order valence-electron chi connectivity index (χ0n) is 11.9. The number of nitrogens with two attached hydrogens (primary N) is 1. The fourth-order valence-electron chi connectivity index (χ4n) is 2.33. The van der Waals surface area contributed by atoms with Crippen molar-refractivity contribution >= 4 is 5.82 Å². The Labute approximate surface area is 130 Å². The fourth-order valence-corrected chi connectivity index (χ4v) is 2.33. The van der Waals surface area contributed by atoms with Gasteiger partial charge < -0.3 is 5.73 Å². The highest BCUT2D eigenvalue weighted by Crippen LogP contribution is 2.36. The van der Waals surface area contributed by atoms with Crippen LogP contribution >= 0.6 is 0 Å². The number of benzene rings is 1. The molecule has 0 unspecified atom stereocenters. The normalized spacial score (nSPS) is 11.4. The Bertz CT molecular complexity index is 830. The number of alkyl halides is 3. The van der Waals surface area contributed by atoms with Crippen LogP contribution in [0.1, 0.15) is 5.56 Å². The van der Waals surface area contributed by atoms with Gasteiger partial charge in [-0.1, -0.05) is 12.1 Å². The molecule has 2 aromatic heterocycles. The van der Waals surface area contributed by atoms with Crippen LogP contribution in [0.25, 0.3) is 22.3 Å². The maximum atomic E-state index is 12.9. The molecular formula is C17H12F3N3. The van der Waals surface area contributed by atoms with Gasteiger partial charge in [0.1, 0.15) is 5.82 Å². The molecule has 6 heteroatoms. The van der Waals surface area contributed by atoms with E-state index in [4.69, 9.17) is 5.73 Å². The minimum atomic E-state index is -4.39. The predicted octanol–water partition coefficient (Wildman–Crippen LogP) is 4.41. The summed E-state index contributed by atoms with van der Waals surface area (Å²) in [5.74, 6) is 0.299. The lowest BCUT2D eigenvalue weighted by Crippen LogP contribution is -2.04. The number of aromatic nitrogens is 2. The topological polar surface area (TPSA) is 51.8 Å². The summed E-state index contributed by atoms with van der Waals surface area (Å²) in [5, 5.41) is 0. The number of rotatable bonds is 2. The number of anilines is 1. The van der Waals surface area contributed by atoms with E-state index < -0.39 is 11.7 Å². The van der Waals surface area contributed by atoms with Gasteiger partial charge in [0.15, 0.2) is 0 Å². The molecular weight excluding hydrogens is 303 g/mol. The van der Waals surface area contributed by atoms with Crippen molar-refractivity contribution in [1.29, 1.82) is 0 Å². The summed E-state index contributed by atoms with van der Waals surface area (Å²) in [6.45, 7) is 0. The Morgan fingerprint density at radius 2 is 1.61 bits per heavy atom. The van der Waals surface area contributed by atoms with Gasteiger partial charge in [0.25, 0.3) is 0 Å². The first-order valence-electron chi connectivity index (χ1n) is 6.79. The minimum Gasteiger partial charge on any atom is -0.384 e. The monoisotopic (exact) mass is 315 g/mol. The molecule has 0 atom stereocenters. The number of hydrogen-bond acceptors (Lipinski definition) is 3. The van der Waals surface area contributed by atoms with E-state index in [1.54, 1.807) is 36.7 Å². The molecule has 0 aliphatic carbocycles. The molecule has 0 spiro atoms. The highest BCUT2D eigenvalue weighted by molar-refractivity contribution is 5.84. The maximum Gasteiger partial charge on any atom is 0.416 e. The van der Waals surface area contributed by atoms with Crippen LogP contribution in [0.15, 0.2) is 61.1 Å². The van der Waals surface area contributed by atoms with Crippen molar-refractivity contribution in [2.75, 3.05) is 5.73 Å². The first kappa shape index (κ1) is 15.0. The number of pyridine rings is 2. The van der Waals surface area contributed by atoms with E-state index in [0.717, 1.165) is 17.7 Å². The maximum absolute atomic E-state index is 12.9. The van der Waals surface area contributed by atoms with Crippen LogP contribution in [0.3, 0.4) is 0 Å². The van der Waals surface area contributed by atoms with E-state index in [1.165, 1.54) is 12.3 Å². The number of nitrogens with zero attached hydrogens (tertiary/aromatic N) is 2. The van der Waals surface area contributed by atoms with E-state index in [2.05, 4.69) is 9.97 Å². The van der Waals surface area contributed by atoms with Crippen molar-refractivity contribution in [3.8, 4) is 22.3 Å². The van der Waals surface area contributed by atoms with Gasteiger partial charge in [0.2, 0.25) is 0 Å². The largest absolute Gasteiger partial charge is 0.416 e. The van der Waals surface area contributed by atoms with Crippen LogP contribution in [0.4, 0.5) is 19.0 Å². The van der Waals surface area contributed by atoms with Crippen molar-refractivity contribution < 1.29 is 13.2 Å². The standard InChI is InChI=1S/C17H12F3N3/c18-17(19,20)13-3-1-2-12(8-13)15-10-23-16(21)9-14(15)11-4-6-22-7-5-11/h1-10H,(H2,21,23). The number of hydrogen-bond donors (Lipinski definition) is 1. The third-order valence-electron chi connectivity index (χ3n) is 3.42. The van der Waals surface area contributed by atoms with Crippen molar-refractivity contribution in [3.05, 3.63) is 66.6 Å². The van der Waals surface area contributed by atoms with Gasteiger partial charge >= 0.3 is 6.18 Å². The lowest BCUT2D eigenvalue weighted by Gasteiger charge is -2.13. The van der Waals surface area contributed by atoms with Crippen LogP contribution in [0, 0.1) is 0 Å². The predicted molar refractivity (Wildman–Crippen MR) is 82.3 cm³/mol. The molecule has 3 nitrogen and oxygen atoms in total. The smallest absolute Gasteiger partial charge is 0.384 e. The van der Waals surface area contributed by atoms with E-state index >= 15 is 0 Å². The molecule has 0 fully saturated rings.